The number of carbonyl (C=O) groups excluding carboxylic acids is 1. The molecule has 0 bridgehead atoms. The predicted octanol–water partition coefficient (Wildman–Crippen LogP) is 1.65. The molecule has 3 aromatic heterocycles. The van der Waals surface area contributed by atoms with Crippen LogP contribution in [0.25, 0.3) is 22.4 Å². The van der Waals surface area contributed by atoms with Crippen LogP contribution in [-0.4, -0.2) is 26.1 Å². The number of nitrogens with one attached hydrogen (secondary N) is 2. The fourth-order valence-electron chi connectivity index (χ4n) is 1.58. The Morgan fingerprint density at radius 2 is 2.15 bits per heavy atom. The summed E-state index contributed by atoms with van der Waals surface area (Å²) >= 11 is 3.64. The molecule has 3 rings (SSSR count). The largest absolute Gasteiger partial charge is 0.364 e. The van der Waals surface area contributed by atoms with Crippen LogP contribution in [0, 0.1) is 0 Å². The topological polar surface area (TPSA) is 106 Å². The number of anilines is 1. The molecular formula is C11H8N6O2S. The number of fused-ring (bicyclic) bond motifs is 1. The molecular weight excluding hydrogens is 280 g/mol. The van der Waals surface area contributed by atoms with Gasteiger partial charge in [0, 0.05) is 0 Å². The number of pyridine rings is 1. The number of aromatic nitrogens is 4. The van der Waals surface area contributed by atoms with Crippen LogP contribution in [-0.2, 0) is 0 Å². The molecule has 2 amide bonds. The summed E-state index contributed by atoms with van der Waals surface area (Å²) in [5.74, 6) is 0.348. The van der Waals surface area contributed by atoms with E-state index in [4.69, 9.17) is 4.52 Å². The molecule has 0 saturated carbocycles. The summed E-state index contributed by atoms with van der Waals surface area (Å²) in [5, 5.41) is 6.11. The Morgan fingerprint density at radius 3 is 2.90 bits per heavy atom. The van der Waals surface area contributed by atoms with E-state index in [0.29, 0.717) is 28.2 Å². The second kappa shape index (κ2) is 5.13. The van der Waals surface area contributed by atoms with Gasteiger partial charge in [-0.1, -0.05) is 18.0 Å². The molecule has 0 aliphatic heterocycles. The normalized spacial score (nSPS) is 10.4. The minimum Gasteiger partial charge on any atom is -0.364 e. The van der Waals surface area contributed by atoms with Crippen molar-refractivity contribution < 1.29 is 9.32 Å². The lowest BCUT2D eigenvalue weighted by Crippen LogP contribution is -2.21. The van der Waals surface area contributed by atoms with Gasteiger partial charge in [-0.25, -0.2) is 14.8 Å². The van der Waals surface area contributed by atoms with E-state index in [1.54, 1.807) is 18.3 Å². The molecule has 2 N–H and O–H groups in total. The van der Waals surface area contributed by atoms with Crippen LogP contribution in [0.5, 0.6) is 0 Å². The van der Waals surface area contributed by atoms with Crippen molar-refractivity contribution in [1.82, 2.24) is 24.8 Å². The Labute approximate surface area is 118 Å². The molecule has 0 unspecified atom stereocenters. The van der Waals surface area contributed by atoms with Gasteiger partial charge in [0.2, 0.25) is 0 Å². The van der Waals surface area contributed by atoms with Crippen LogP contribution in [0.4, 0.5) is 10.6 Å². The predicted molar refractivity (Wildman–Crippen MR) is 74.0 cm³/mol. The van der Waals surface area contributed by atoms with Crippen LogP contribution in [0.1, 0.15) is 0 Å². The molecule has 3 heterocycles. The first-order valence-electron chi connectivity index (χ1n) is 5.51. The van der Waals surface area contributed by atoms with E-state index in [1.807, 2.05) is 0 Å². The summed E-state index contributed by atoms with van der Waals surface area (Å²) in [4.78, 5) is 24.0. The summed E-state index contributed by atoms with van der Waals surface area (Å²) in [5.41, 5.74) is 2.30. The number of nitrogens with zero attached hydrogens (tertiary/aromatic N) is 4. The molecule has 9 heteroatoms. The minimum absolute atomic E-state index is 0.348. The highest BCUT2D eigenvalue weighted by molar-refractivity contribution is 7.78. The minimum atomic E-state index is -0.483. The van der Waals surface area contributed by atoms with Gasteiger partial charge in [-0.2, -0.15) is 0 Å². The molecule has 0 saturated heterocycles. The maximum Gasteiger partial charge on any atom is 0.330 e. The third-order valence-corrected chi connectivity index (χ3v) is 2.68. The third kappa shape index (κ3) is 2.38. The summed E-state index contributed by atoms with van der Waals surface area (Å²) < 4.78 is 6.90. The number of urea groups is 1. The van der Waals surface area contributed by atoms with Crippen molar-refractivity contribution in [3.63, 3.8) is 0 Å². The van der Waals surface area contributed by atoms with Gasteiger partial charge in [0.05, 0.1) is 23.7 Å². The standard InChI is InChI=1S/C11H8N6O2S/c18-11(17-20)16-9-2-1-7-10(15-9)14-8(4-12-7)6-3-13-19-5-6/h1-5,20H,(H2,14,15,16,17,18). The van der Waals surface area contributed by atoms with E-state index in [1.165, 1.54) is 12.5 Å². The summed E-state index contributed by atoms with van der Waals surface area (Å²) in [7, 11) is 0. The summed E-state index contributed by atoms with van der Waals surface area (Å²) in [6.45, 7) is 0. The number of hydrogen-bond donors (Lipinski definition) is 3. The van der Waals surface area contributed by atoms with E-state index in [-0.39, 0.29) is 0 Å². The molecule has 0 atom stereocenters. The van der Waals surface area contributed by atoms with Gasteiger partial charge in [-0.15, -0.1) is 0 Å². The molecule has 3 aromatic rings. The second-order valence-electron chi connectivity index (χ2n) is 3.77. The van der Waals surface area contributed by atoms with Gasteiger partial charge in [-0.05, 0) is 12.1 Å². The Hall–Kier alpha value is -2.68. The maximum absolute atomic E-state index is 11.2. The van der Waals surface area contributed by atoms with Crippen LogP contribution in [0.15, 0.2) is 35.3 Å². The lowest BCUT2D eigenvalue weighted by Gasteiger charge is -2.04. The average Bonchev–Trinajstić information content (AvgIpc) is 3.00. The molecule has 0 radical (unpaired) electrons. The molecule has 0 aliphatic rings. The number of amides is 2. The zero-order chi connectivity index (χ0) is 13.9. The molecule has 100 valence electrons. The van der Waals surface area contributed by atoms with Crippen molar-refractivity contribution >= 4 is 35.8 Å². The smallest absolute Gasteiger partial charge is 0.330 e. The zero-order valence-electron chi connectivity index (χ0n) is 9.94. The second-order valence-corrected chi connectivity index (χ2v) is 4.00. The summed E-state index contributed by atoms with van der Waals surface area (Å²) in [6.07, 6.45) is 4.60. The molecule has 0 aliphatic carbocycles. The molecule has 0 spiro atoms. The number of rotatable bonds is 2. The lowest BCUT2D eigenvalue weighted by atomic mass is 10.2. The van der Waals surface area contributed by atoms with E-state index in [2.05, 4.69) is 43.0 Å². The first-order chi connectivity index (χ1) is 9.76. The van der Waals surface area contributed by atoms with Crippen molar-refractivity contribution in [2.75, 3.05) is 5.32 Å². The first kappa shape index (κ1) is 12.4. The van der Waals surface area contributed by atoms with Crippen molar-refractivity contribution in [2.45, 2.75) is 0 Å². The maximum atomic E-state index is 11.2. The van der Waals surface area contributed by atoms with Crippen molar-refractivity contribution in [2.24, 2.45) is 0 Å². The fraction of sp³-hybridized carbons (Fsp3) is 0. The Bertz CT molecular complexity index is 761. The summed E-state index contributed by atoms with van der Waals surface area (Å²) in [6, 6.07) is 2.85. The van der Waals surface area contributed by atoms with Gasteiger partial charge in [0.15, 0.2) is 5.65 Å². The van der Waals surface area contributed by atoms with Crippen LogP contribution in [0.3, 0.4) is 0 Å². The van der Waals surface area contributed by atoms with Crippen LogP contribution < -0.4 is 10.0 Å². The Kier molecular flexibility index (Phi) is 3.17. The van der Waals surface area contributed by atoms with Gasteiger partial charge in [0.25, 0.3) is 0 Å². The molecule has 0 fully saturated rings. The van der Waals surface area contributed by atoms with Gasteiger partial charge < -0.3 is 4.52 Å². The Balaban J connectivity index is 2.01. The SMILES string of the molecule is O=C(NS)Nc1ccc2ncc(-c3cnoc3)nc2n1. The molecule has 0 aromatic carbocycles. The number of hydrogen-bond acceptors (Lipinski definition) is 7. The van der Waals surface area contributed by atoms with E-state index in [0.717, 1.165) is 0 Å². The highest BCUT2D eigenvalue weighted by Crippen LogP contribution is 2.18. The fourth-order valence-corrected chi connectivity index (χ4v) is 1.64. The van der Waals surface area contributed by atoms with Gasteiger partial charge in [-0.3, -0.25) is 15.0 Å². The lowest BCUT2D eigenvalue weighted by molar-refractivity contribution is 0.257. The molecule has 20 heavy (non-hydrogen) atoms. The zero-order valence-corrected chi connectivity index (χ0v) is 10.8. The average molecular weight is 288 g/mol. The monoisotopic (exact) mass is 288 g/mol. The van der Waals surface area contributed by atoms with Crippen LogP contribution in [0.2, 0.25) is 0 Å². The number of thiol groups is 1. The van der Waals surface area contributed by atoms with Crippen LogP contribution >= 0.6 is 12.8 Å². The third-order valence-electron chi connectivity index (χ3n) is 2.48. The quantitative estimate of drug-likeness (QED) is 0.619. The first-order valence-corrected chi connectivity index (χ1v) is 5.95. The number of carbonyl (C=O) groups is 1. The van der Waals surface area contributed by atoms with Crippen molar-refractivity contribution in [3.05, 3.63) is 30.8 Å². The van der Waals surface area contributed by atoms with E-state index >= 15 is 0 Å². The van der Waals surface area contributed by atoms with Gasteiger partial charge >= 0.3 is 6.03 Å². The van der Waals surface area contributed by atoms with E-state index in [9.17, 15) is 4.79 Å². The van der Waals surface area contributed by atoms with Gasteiger partial charge in [0.1, 0.15) is 17.6 Å². The highest BCUT2D eigenvalue weighted by atomic mass is 32.1. The molecule has 8 nitrogen and oxygen atoms in total. The van der Waals surface area contributed by atoms with E-state index < -0.39 is 6.03 Å². The Morgan fingerprint density at radius 1 is 1.25 bits per heavy atom. The van der Waals surface area contributed by atoms with Crippen molar-refractivity contribution in [1.29, 1.82) is 0 Å². The van der Waals surface area contributed by atoms with Crippen molar-refractivity contribution in [3.8, 4) is 11.3 Å². The highest BCUT2D eigenvalue weighted by Gasteiger charge is 2.07.